The van der Waals surface area contributed by atoms with Crippen LogP contribution in [0.2, 0.25) is 0 Å². The first kappa shape index (κ1) is 22.5. The predicted molar refractivity (Wildman–Crippen MR) is 126 cm³/mol. The normalized spacial score (nSPS) is 17.8. The SMILES string of the molecule is O=C1CCC(N2C(=O)c3ccc(NS(=O)(=O)c4ccccc4-c4ccccc4)cc3C2=O)C(=O)N1. The van der Waals surface area contributed by atoms with Gasteiger partial charge in [0.25, 0.3) is 21.8 Å². The molecule has 35 heavy (non-hydrogen) atoms. The number of imide groups is 2. The van der Waals surface area contributed by atoms with Gasteiger partial charge in [0, 0.05) is 17.7 Å². The number of benzene rings is 3. The molecule has 3 aromatic carbocycles. The Balaban J connectivity index is 1.45. The lowest BCUT2D eigenvalue weighted by molar-refractivity contribution is -0.136. The highest BCUT2D eigenvalue weighted by molar-refractivity contribution is 7.92. The van der Waals surface area contributed by atoms with E-state index in [1.165, 1.54) is 24.3 Å². The van der Waals surface area contributed by atoms with Crippen LogP contribution in [-0.4, -0.2) is 43.0 Å². The van der Waals surface area contributed by atoms with Gasteiger partial charge in [-0.25, -0.2) is 8.42 Å². The molecule has 0 aromatic heterocycles. The monoisotopic (exact) mass is 489 g/mol. The van der Waals surface area contributed by atoms with E-state index in [0.717, 1.165) is 10.5 Å². The molecular weight excluding hydrogens is 470 g/mol. The number of hydrogen-bond acceptors (Lipinski definition) is 6. The van der Waals surface area contributed by atoms with Crippen LogP contribution in [0, 0.1) is 0 Å². The summed E-state index contributed by atoms with van der Waals surface area (Å²) in [7, 11) is -4.05. The van der Waals surface area contributed by atoms with E-state index in [4.69, 9.17) is 0 Å². The summed E-state index contributed by atoms with van der Waals surface area (Å²) < 4.78 is 29.0. The first-order valence-corrected chi connectivity index (χ1v) is 12.3. The summed E-state index contributed by atoms with van der Waals surface area (Å²) in [5, 5.41) is 2.14. The summed E-state index contributed by atoms with van der Waals surface area (Å²) in [6.07, 6.45) is 0.0432. The van der Waals surface area contributed by atoms with Gasteiger partial charge >= 0.3 is 0 Å². The van der Waals surface area contributed by atoms with Crippen molar-refractivity contribution in [1.82, 2.24) is 10.2 Å². The third-order valence-corrected chi connectivity index (χ3v) is 7.39. The van der Waals surface area contributed by atoms with Crippen LogP contribution in [0.25, 0.3) is 11.1 Å². The van der Waals surface area contributed by atoms with Gasteiger partial charge < -0.3 is 0 Å². The molecule has 0 radical (unpaired) electrons. The number of nitrogens with zero attached hydrogens (tertiary/aromatic N) is 1. The van der Waals surface area contributed by atoms with Gasteiger partial charge in [-0.2, -0.15) is 0 Å². The van der Waals surface area contributed by atoms with Crippen molar-refractivity contribution in [1.29, 1.82) is 0 Å². The Bertz CT molecular complexity index is 1500. The van der Waals surface area contributed by atoms with Gasteiger partial charge in [0.05, 0.1) is 16.0 Å². The summed E-state index contributed by atoms with van der Waals surface area (Å²) in [6.45, 7) is 0. The summed E-state index contributed by atoms with van der Waals surface area (Å²) in [4.78, 5) is 50.4. The van der Waals surface area contributed by atoms with Gasteiger partial charge in [-0.1, -0.05) is 48.5 Å². The Labute approximate surface area is 200 Å². The average molecular weight is 490 g/mol. The van der Waals surface area contributed by atoms with Gasteiger partial charge in [0.15, 0.2) is 0 Å². The number of rotatable bonds is 5. The standard InChI is InChI=1S/C25H19N3O6S/c29-22-13-12-20(23(30)26-22)28-24(31)18-11-10-16(14-19(18)25(28)32)27-35(33,34)21-9-5-4-8-17(21)15-6-2-1-3-7-15/h1-11,14,20,27H,12-13H2,(H,26,29,30). The molecule has 0 spiro atoms. The minimum Gasteiger partial charge on any atom is -0.295 e. The minimum absolute atomic E-state index is 0.00961. The molecule has 176 valence electrons. The Morgan fingerprint density at radius 1 is 0.800 bits per heavy atom. The van der Waals surface area contributed by atoms with Crippen molar-refractivity contribution in [3.63, 3.8) is 0 Å². The van der Waals surface area contributed by atoms with E-state index in [9.17, 15) is 27.6 Å². The molecule has 9 nitrogen and oxygen atoms in total. The average Bonchev–Trinajstić information content (AvgIpc) is 3.09. The molecular formula is C25H19N3O6S. The number of hydrogen-bond donors (Lipinski definition) is 2. The molecule has 4 amide bonds. The van der Waals surface area contributed by atoms with Crippen molar-refractivity contribution in [2.45, 2.75) is 23.8 Å². The third kappa shape index (κ3) is 3.97. The van der Waals surface area contributed by atoms with Crippen LogP contribution in [-0.2, 0) is 19.6 Å². The van der Waals surface area contributed by atoms with Crippen LogP contribution < -0.4 is 10.0 Å². The largest absolute Gasteiger partial charge is 0.295 e. The first-order chi connectivity index (χ1) is 16.8. The fraction of sp³-hybridized carbons (Fsp3) is 0.120. The number of anilines is 1. The maximum atomic E-state index is 13.3. The van der Waals surface area contributed by atoms with Crippen molar-refractivity contribution in [3.8, 4) is 11.1 Å². The number of amides is 4. The van der Waals surface area contributed by atoms with Crippen LogP contribution in [0.15, 0.2) is 77.7 Å². The summed E-state index contributed by atoms with van der Waals surface area (Å²) in [5.74, 6) is -2.56. The molecule has 2 aliphatic heterocycles. The number of sulfonamides is 1. The van der Waals surface area contributed by atoms with Crippen LogP contribution >= 0.6 is 0 Å². The first-order valence-electron chi connectivity index (χ1n) is 10.8. The van der Waals surface area contributed by atoms with E-state index in [-0.39, 0.29) is 34.6 Å². The lowest BCUT2D eigenvalue weighted by atomic mass is 10.0. The second-order valence-electron chi connectivity index (χ2n) is 8.18. The van der Waals surface area contributed by atoms with E-state index in [1.54, 1.807) is 30.3 Å². The predicted octanol–water partition coefficient (Wildman–Crippen LogP) is 2.56. The molecule has 2 N–H and O–H groups in total. The molecule has 5 rings (SSSR count). The quantitative estimate of drug-likeness (QED) is 0.530. The van der Waals surface area contributed by atoms with Crippen molar-refractivity contribution in [2.75, 3.05) is 4.72 Å². The highest BCUT2D eigenvalue weighted by Crippen LogP contribution is 2.32. The molecule has 3 aromatic rings. The number of carbonyl (C=O) groups is 4. The maximum Gasteiger partial charge on any atom is 0.262 e. The summed E-state index contributed by atoms with van der Waals surface area (Å²) in [5.41, 5.74) is 1.38. The Kier molecular flexibility index (Phi) is 5.45. The van der Waals surface area contributed by atoms with Crippen molar-refractivity contribution in [2.24, 2.45) is 0 Å². The van der Waals surface area contributed by atoms with Gasteiger partial charge in [-0.3, -0.25) is 34.1 Å². The maximum absolute atomic E-state index is 13.3. The van der Waals surface area contributed by atoms with E-state index in [2.05, 4.69) is 10.0 Å². The van der Waals surface area contributed by atoms with Crippen LogP contribution in [0.5, 0.6) is 0 Å². The molecule has 10 heteroatoms. The molecule has 2 heterocycles. The summed E-state index contributed by atoms with van der Waals surface area (Å²) in [6, 6.07) is 18.5. The molecule has 1 unspecified atom stereocenters. The molecule has 0 saturated carbocycles. The highest BCUT2D eigenvalue weighted by Gasteiger charge is 2.44. The van der Waals surface area contributed by atoms with Gasteiger partial charge in [-0.15, -0.1) is 0 Å². The lowest BCUT2D eigenvalue weighted by Gasteiger charge is -2.27. The highest BCUT2D eigenvalue weighted by atomic mass is 32.2. The van der Waals surface area contributed by atoms with E-state index < -0.39 is 39.7 Å². The second-order valence-corrected chi connectivity index (χ2v) is 9.83. The third-order valence-electron chi connectivity index (χ3n) is 5.95. The fourth-order valence-electron chi connectivity index (χ4n) is 4.30. The van der Waals surface area contributed by atoms with Crippen molar-refractivity contribution < 1.29 is 27.6 Å². The minimum atomic E-state index is -4.05. The topological polar surface area (TPSA) is 130 Å². The zero-order valence-corrected chi connectivity index (χ0v) is 19.0. The number of piperidine rings is 1. The number of fused-ring (bicyclic) bond motifs is 1. The van der Waals surface area contributed by atoms with E-state index in [0.29, 0.717) is 5.56 Å². The molecule has 1 saturated heterocycles. The van der Waals surface area contributed by atoms with Crippen molar-refractivity contribution in [3.05, 3.63) is 83.9 Å². The van der Waals surface area contributed by atoms with E-state index >= 15 is 0 Å². The second kappa shape index (κ2) is 8.48. The van der Waals surface area contributed by atoms with Crippen LogP contribution in [0.1, 0.15) is 33.6 Å². The van der Waals surface area contributed by atoms with E-state index in [1.807, 2.05) is 18.2 Å². The fourth-order valence-corrected chi connectivity index (χ4v) is 5.58. The van der Waals surface area contributed by atoms with Crippen LogP contribution in [0.4, 0.5) is 5.69 Å². The zero-order valence-electron chi connectivity index (χ0n) is 18.2. The molecule has 0 aliphatic carbocycles. The van der Waals surface area contributed by atoms with Gasteiger partial charge in [0.2, 0.25) is 11.8 Å². The van der Waals surface area contributed by atoms with Crippen LogP contribution in [0.3, 0.4) is 0 Å². The molecule has 2 aliphatic rings. The Morgan fingerprint density at radius 3 is 2.23 bits per heavy atom. The Hall–Kier alpha value is -4.31. The Morgan fingerprint density at radius 2 is 1.49 bits per heavy atom. The smallest absolute Gasteiger partial charge is 0.262 e. The van der Waals surface area contributed by atoms with Crippen molar-refractivity contribution >= 4 is 39.3 Å². The molecule has 1 fully saturated rings. The molecule has 1 atom stereocenters. The van der Waals surface area contributed by atoms with Gasteiger partial charge in [0.1, 0.15) is 6.04 Å². The number of carbonyl (C=O) groups excluding carboxylic acids is 4. The number of nitrogens with one attached hydrogen (secondary N) is 2. The lowest BCUT2D eigenvalue weighted by Crippen LogP contribution is -2.54. The summed E-state index contributed by atoms with van der Waals surface area (Å²) >= 11 is 0. The molecule has 0 bridgehead atoms. The van der Waals surface area contributed by atoms with Gasteiger partial charge in [-0.05, 0) is 36.2 Å². The zero-order chi connectivity index (χ0) is 24.7.